The van der Waals surface area contributed by atoms with Crippen LogP contribution in [0.3, 0.4) is 0 Å². The minimum atomic E-state index is -0.302. The SMILES string of the molecule is CCCN(Cc1ccc(OC)cc1)Cc1cc(=O)n2c(-c3ccc(F)cc3)csc2n1. The molecule has 0 fully saturated rings. The van der Waals surface area contributed by atoms with Gasteiger partial charge in [0.1, 0.15) is 11.6 Å². The van der Waals surface area contributed by atoms with Gasteiger partial charge in [0.05, 0.1) is 18.5 Å². The normalized spacial score (nSPS) is 11.4. The highest BCUT2D eigenvalue weighted by molar-refractivity contribution is 7.15. The number of rotatable bonds is 8. The summed E-state index contributed by atoms with van der Waals surface area (Å²) in [5, 5.41) is 1.89. The number of methoxy groups -OCH3 is 1. The fraction of sp³-hybridized carbons (Fsp3) is 0.250. The molecule has 0 unspecified atom stereocenters. The van der Waals surface area contributed by atoms with Crippen LogP contribution in [0.2, 0.25) is 0 Å². The summed E-state index contributed by atoms with van der Waals surface area (Å²) in [5.41, 5.74) is 3.33. The summed E-state index contributed by atoms with van der Waals surface area (Å²) < 4.78 is 20.1. The Kier molecular flexibility index (Phi) is 6.44. The topological polar surface area (TPSA) is 46.8 Å². The lowest BCUT2D eigenvalue weighted by Gasteiger charge is -2.21. The number of hydrogen-bond donors (Lipinski definition) is 0. The van der Waals surface area contributed by atoms with E-state index < -0.39 is 0 Å². The number of ether oxygens (including phenoxy) is 1. The van der Waals surface area contributed by atoms with Gasteiger partial charge in [-0.3, -0.25) is 14.1 Å². The van der Waals surface area contributed by atoms with E-state index in [0.717, 1.165) is 42.2 Å². The lowest BCUT2D eigenvalue weighted by Crippen LogP contribution is -2.26. The minimum absolute atomic E-state index is 0.124. The summed E-state index contributed by atoms with van der Waals surface area (Å²) in [5.74, 6) is 0.532. The first kappa shape index (κ1) is 21.2. The van der Waals surface area contributed by atoms with Crippen LogP contribution in [0.5, 0.6) is 5.75 Å². The lowest BCUT2D eigenvalue weighted by atomic mass is 10.2. The van der Waals surface area contributed by atoms with Crippen molar-refractivity contribution in [2.75, 3.05) is 13.7 Å². The van der Waals surface area contributed by atoms with Crippen LogP contribution in [0.25, 0.3) is 16.2 Å². The molecule has 0 saturated carbocycles. The van der Waals surface area contributed by atoms with Gasteiger partial charge in [-0.15, -0.1) is 11.3 Å². The monoisotopic (exact) mass is 437 g/mol. The third-order valence-electron chi connectivity index (χ3n) is 5.09. The van der Waals surface area contributed by atoms with Gasteiger partial charge >= 0.3 is 0 Å². The number of benzene rings is 2. The molecule has 0 atom stereocenters. The van der Waals surface area contributed by atoms with Gasteiger partial charge in [0.15, 0.2) is 4.96 Å². The van der Waals surface area contributed by atoms with E-state index in [9.17, 15) is 9.18 Å². The summed E-state index contributed by atoms with van der Waals surface area (Å²) in [6, 6.07) is 15.8. The van der Waals surface area contributed by atoms with Gasteiger partial charge in [-0.05, 0) is 60.5 Å². The van der Waals surface area contributed by atoms with Crippen molar-refractivity contribution in [1.82, 2.24) is 14.3 Å². The van der Waals surface area contributed by atoms with Crippen molar-refractivity contribution in [3.05, 3.63) is 87.4 Å². The Hall–Kier alpha value is -3.03. The standard InChI is InChI=1S/C24H24FN3O2S/c1-3-12-27(14-17-4-10-21(30-2)11-5-17)15-20-13-23(29)28-22(16-31-24(28)26-20)18-6-8-19(25)9-7-18/h4-11,13,16H,3,12,14-15H2,1-2H3. The third-order valence-corrected chi connectivity index (χ3v) is 5.91. The maximum Gasteiger partial charge on any atom is 0.259 e. The Morgan fingerprint density at radius 1 is 1.10 bits per heavy atom. The van der Waals surface area contributed by atoms with Gasteiger partial charge in [-0.25, -0.2) is 9.37 Å². The van der Waals surface area contributed by atoms with Crippen molar-refractivity contribution in [3.8, 4) is 17.0 Å². The molecule has 2 heterocycles. The van der Waals surface area contributed by atoms with E-state index in [4.69, 9.17) is 9.72 Å². The molecular weight excluding hydrogens is 413 g/mol. The van der Waals surface area contributed by atoms with Gasteiger partial charge in [0.2, 0.25) is 0 Å². The average molecular weight is 438 g/mol. The highest BCUT2D eigenvalue weighted by atomic mass is 32.1. The maximum atomic E-state index is 13.3. The summed E-state index contributed by atoms with van der Waals surface area (Å²) in [6.45, 7) is 4.40. The third kappa shape index (κ3) is 4.84. The van der Waals surface area contributed by atoms with E-state index in [-0.39, 0.29) is 11.4 Å². The van der Waals surface area contributed by atoms with E-state index >= 15 is 0 Å². The summed E-state index contributed by atoms with van der Waals surface area (Å²) >= 11 is 1.42. The second-order valence-corrected chi connectivity index (χ2v) is 8.23. The van der Waals surface area contributed by atoms with Crippen molar-refractivity contribution in [3.63, 3.8) is 0 Å². The molecule has 0 radical (unpaired) electrons. The molecule has 5 nitrogen and oxygen atoms in total. The lowest BCUT2D eigenvalue weighted by molar-refractivity contribution is 0.254. The first-order valence-corrected chi connectivity index (χ1v) is 11.1. The fourth-order valence-corrected chi connectivity index (χ4v) is 4.54. The highest BCUT2D eigenvalue weighted by Crippen LogP contribution is 2.24. The zero-order chi connectivity index (χ0) is 21.8. The van der Waals surface area contributed by atoms with Gasteiger partial charge in [0, 0.05) is 24.5 Å². The van der Waals surface area contributed by atoms with Crippen LogP contribution >= 0.6 is 11.3 Å². The number of thiazole rings is 1. The Morgan fingerprint density at radius 2 is 1.84 bits per heavy atom. The zero-order valence-corrected chi connectivity index (χ0v) is 18.4. The van der Waals surface area contributed by atoms with Crippen LogP contribution in [0.4, 0.5) is 4.39 Å². The number of aromatic nitrogens is 2. The maximum absolute atomic E-state index is 13.3. The molecule has 0 aliphatic heterocycles. The van der Waals surface area contributed by atoms with Crippen LogP contribution in [0.15, 0.2) is 64.8 Å². The summed E-state index contributed by atoms with van der Waals surface area (Å²) in [7, 11) is 1.66. The van der Waals surface area contributed by atoms with Crippen LogP contribution in [0, 0.1) is 5.82 Å². The molecule has 2 aromatic carbocycles. The Balaban J connectivity index is 1.59. The first-order valence-electron chi connectivity index (χ1n) is 10.2. The molecule has 0 bridgehead atoms. The molecule has 2 aromatic heterocycles. The average Bonchev–Trinajstić information content (AvgIpc) is 3.19. The molecule has 4 rings (SSSR count). The number of nitrogens with zero attached hydrogens (tertiary/aromatic N) is 3. The second kappa shape index (κ2) is 9.41. The number of hydrogen-bond acceptors (Lipinski definition) is 5. The first-order chi connectivity index (χ1) is 15.1. The molecule has 160 valence electrons. The highest BCUT2D eigenvalue weighted by Gasteiger charge is 2.13. The molecule has 0 aliphatic rings. The van der Waals surface area contributed by atoms with Crippen molar-refractivity contribution in [1.29, 1.82) is 0 Å². The largest absolute Gasteiger partial charge is 0.497 e. The Labute approximate surface area is 184 Å². The molecule has 4 aromatic rings. The van der Waals surface area contributed by atoms with Crippen molar-refractivity contribution < 1.29 is 9.13 Å². The van der Waals surface area contributed by atoms with Crippen LogP contribution < -0.4 is 10.3 Å². The van der Waals surface area contributed by atoms with Crippen LogP contribution in [-0.4, -0.2) is 27.9 Å². The van der Waals surface area contributed by atoms with Gasteiger partial charge < -0.3 is 4.74 Å². The van der Waals surface area contributed by atoms with E-state index in [1.54, 1.807) is 29.7 Å². The molecule has 0 amide bonds. The number of halogens is 1. The minimum Gasteiger partial charge on any atom is -0.497 e. The molecule has 0 spiro atoms. The predicted molar refractivity (Wildman–Crippen MR) is 122 cm³/mol. The van der Waals surface area contributed by atoms with Gasteiger partial charge in [-0.2, -0.15) is 0 Å². The molecule has 0 saturated heterocycles. The van der Waals surface area contributed by atoms with E-state index in [1.165, 1.54) is 29.0 Å². The second-order valence-electron chi connectivity index (χ2n) is 7.39. The van der Waals surface area contributed by atoms with Crippen LogP contribution in [0.1, 0.15) is 24.6 Å². The van der Waals surface area contributed by atoms with Crippen molar-refractivity contribution in [2.24, 2.45) is 0 Å². The summed E-state index contributed by atoms with van der Waals surface area (Å²) in [4.78, 5) is 20.6. The van der Waals surface area contributed by atoms with E-state index in [2.05, 4.69) is 24.0 Å². The smallest absolute Gasteiger partial charge is 0.259 e. The summed E-state index contributed by atoms with van der Waals surface area (Å²) in [6.07, 6.45) is 1.01. The quantitative estimate of drug-likeness (QED) is 0.390. The Bertz CT molecular complexity index is 1220. The van der Waals surface area contributed by atoms with Crippen molar-refractivity contribution >= 4 is 16.3 Å². The molecule has 31 heavy (non-hydrogen) atoms. The molecular formula is C24H24FN3O2S. The van der Waals surface area contributed by atoms with E-state index in [1.807, 2.05) is 17.5 Å². The predicted octanol–water partition coefficient (Wildman–Crippen LogP) is 4.98. The molecule has 7 heteroatoms. The number of fused-ring (bicyclic) bond motifs is 1. The van der Waals surface area contributed by atoms with Crippen LogP contribution in [-0.2, 0) is 13.1 Å². The fourth-order valence-electron chi connectivity index (χ4n) is 3.62. The molecule has 0 N–H and O–H groups in total. The van der Waals surface area contributed by atoms with Gasteiger partial charge in [0.25, 0.3) is 5.56 Å². The van der Waals surface area contributed by atoms with E-state index in [0.29, 0.717) is 11.5 Å². The molecule has 0 aliphatic carbocycles. The zero-order valence-electron chi connectivity index (χ0n) is 17.5. The van der Waals surface area contributed by atoms with Gasteiger partial charge in [-0.1, -0.05) is 19.1 Å². The van der Waals surface area contributed by atoms with Crippen molar-refractivity contribution in [2.45, 2.75) is 26.4 Å². The Morgan fingerprint density at radius 3 is 2.52 bits per heavy atom.